The van der Waals surface area contributed by atoms with Gasteiger partial charge in [0.1, 0.15) is 11.5 Å². The Kier molecular flexibility index (Phi) is 4.70. The van der Waals surface area contributed by atoms with Crippen molar-refractivity contribution in [1.82, 2.24) is 9.78 Å². The molecule has 3 rings (SSSR count). The van der Waals surface area contributed by atoms with Crippen LogP contribution in [0.5, 0.6) is 11.5 Å². The van der Waals surface area contributed by atoms with Crippen LogP contribution in [0.4, 0.5) is 5.69 Å². The van der Waals surface area contributed by atoms with E-state index in [4.69, 9.17) is 9.47 Å². The second-order valence-corrected chi connectivity index (χ2v) is 5.45. The van der Waals surface area contributed by atoms with Crippen LogP contribution in [-0.2, 0) is 7.05 Å². The predicted octanol–water partition coefficient (Wildman–Crippen LogP) is 3.36. The lowest BCUT2D eigenvalue weighted by Gasteiger charge is -2.04. The van der Waals surface area contributed by atoms with Crippen molar-refractivity contribution >= 4 is 11.6 Å². The van der Waals surface area contributed by atoms with E-state index in [-0.39, 0.29) is 5.91 Å². The van der Waals surface area contributed by atoms with Gasteiger partial charge in [0.2, 0.25) is 0 Å². The first-order valence-corrected chi connectivity index (χ1v) is 7.74. The van der Waals surface area contributed by atoms with Crippen LogP contribution in [0.3, 0.4) is 0 Å². The first-order chi connectivity index (χ1) is 12.1. The van der Waals surface area contributed by atoms with E-state index in [1.54, 1.807) is 49.2 Å². The second kappa shape index (κ2) is 7.09. The summed E-state index contributed by atoms with van der Waals surface area (Å²) in [5.41, 5.74) is 2.84. The fourth-order valence-electron chi connectivity index (χ4n) is 2.48. The molecule has 1 heterocycles. The highest BCUT2D eigenvalue weighted by Crippen LogP contribution is 2.23. The van der Waals surface area contributed by atoms with E-state index in [0.29, 0.717) is 11.4 Å². The van der Waals surface area contributed by atoms with Crippen LogP contribution in [0.15, 0.2) is 54.6 Å². The summed E-state index contributed by atoms with van der Waals surface area (Å²) in [6.07, 6.45) is 0. The molecule has 2 aromatic carbocycles. The van der Waals surface area contributed by atoms with Gasteiger partial charge in [-0.2, -0.15) is 5.10 Å². The fraction of sp³-hybridized carbons (Fsp3) is 0.158. The standard InChI is InChI=1S/C19H19N3O3/c1-22-18(13-4-8-15(24-2)9-5-13)12-17(21-22)19(23)20-14-6-10-16(25-3)11-7-14/h4-12H,1-3H3,(H,20,23). The number of aryl methyl sites for hydroxylation is 1. The largest absolute Gasteiger partial charge is 0.497 e. The highest BCUT2D eigenvalue weighted by Gasteiger charge is 2.14. The van der Waals surface area contributed by atoms with E-state index >= 15 is 0 Å². The van der Waals surface area contributed by atoms with E-state index in [1.165, 1.54) is 0 Å². The van der Waals surface area contributed by atoms with Gasteiger partial charge in [0.15, 0.2) is 5.69 Å². The molecule has 1 amide bonds. The Morgan fingerprint density at radius 1 is 0.960 bits per heavy atom. The number of amides is 1. The molecule has 3 aromatic rings. The quantitative estimate of drug-likeness (QED) is 0.775. The molecule has 6 nitrogen and oxygen atoms in total. The SMILES string of the molecule is COc1ccc(NC(=O)c2cc(-c3ccc(OC)cc3)n(C)n2)cc1. The highest BCUT2D eigenvalue weighted by atomic mass is 16.5. The minimum Gasteiger partial charge on any atom is -0.497 e. The maximum atomic E-state index is 12.4. The van der Waals surface area contributed by atoms with Gasteiger partial charge in [0.25, 0.3) is 5.91 Å². The van der Waals surface area contributed by atoms with Crippen LogP contribution < -0.4 is 14.8 Å². The molecule has 0 aliphatic heterocycles. The number of benzene rings is 2. The average Bonchev–Trinajstić information content (AvgIpc) is 3.04. The normalized spacial score (nSPS) is 10.4. The van der Waals surface area contributed by atoms with Crippen molar-refractivity contribution in [3.63, 3.8) is 0 Å². The zero-order valence-corrected chi connectivity index (χ0v) is 14.3. The molecule has 0 fully saturated rings. The molecule has 0 saturated heterocycles. The van der Waals surface area contributed by atoms with E-state index in [1.807, 2.05) is 31.3 Å². The van der Waals surface area contributed by atoms with Gasteiger partial charge in [-0.25, -0.2) is 0 Å². The predicted molar refractivity (Wildman–Crippen MR) is 96.1 cm³/mol. The van der Waals surface area contributed by atoms with Crippen LogP contribution >= 0.6 is 0 Å². The number of carbonyl (C=O) groups excluding carboxylic acids is 1. The van der Waals surface area contributed by atoms with Crippen LogP contribution in [0.2, 0.25) is 0 Å². The van der Waals surface area contributed by atoms with Crippen molar-refractivity contribution in [3.05, 3.63) is 60.3 Å². The van der Waals surface area contributed by atoms with Gasteiger partial charge in [-0.3, -0.25) is 9.48 Å². The number of hydrogen-bond donors (Lipinski definition) is 1. The summed E-state index contributed by atoms with van der Waals surface area (Å²) < 4.78 is 12.0. The van der Waals surface area contributed by atoms with Gasteiger partial charge in [-0.05, 0) is 54.6 Å². The van der Waals surface area contributed by atoms with E-state index in [0.717, 1.165) is 22.8 Å². The monoisotopic (exact) mass is 337 g/mol. The molecule has 1 aromatic heterocycles. The number of nitrogens with zero attached hydrogens (tertiary/aromatic N) is 2. The third-order valence-corrected chi connectivity index (χ3v) is 3.85. The Hall–Kier alpha value is -3.28. The Morgan fingerprint density at radius 2 is 1.52 bits per heavy atom. The van der Waals surface area contributed by atoms with Crippen molar-refractivity contribution < 1.29 is 14.3 Å². The molecule has 0 bridgehead atoms. The molecule has 0 saturated carbocycles. The molecule has 128 valence electrons. The van der Waals surface area contributed by atoms with E-state index in [9.17, 15) is 4.79 Å². The summed E-state index contributed by atoms with van der Waals surface area (Å²) in [4.78, 5) is 12.4. The number of carbonyl (C=O) groups is 1. The summed E-state index contributed by atoms with van der Waals surface area (Å²) in [5.74, 6) is 1.25. The lowest BCUT2D eigenvalue weighted by Crippen LogP contribution is -2.12. The third-order valence-electron chi connectivity index (χ3n) is 3.85. The maximum absolute atomic E-state index is 12.4. The minimum absolute atomic E-state index is 0.263. The van der Waals surface area contributed by atoms with Crippen molar-refractivity contribution in [2.24, 2.45) is 7.05 Å². The lowest BCUT2D eigenvalue weighted by atomic mass is 10.1. The Morgan fingerprint density at radius 3 is 2.08 bits per heavy atom. The zero-order valence-electron chi connectivity index (χ0n) is 14.3. The zero-order chi connectivity index (χ0) is 17.8. The first kappa shape index (κ1) is 16.6. The number of methoxy groups -OCH3 is 2. The summed E-state index contributed by atoms with van der Waals surface area (Å²) in [7, 11) is 5.03. The third kappa shape index (κ3) is 3.63. The van der Waals surface area contributed by atoms with Crippen molar-refractivity contribution in [2.45, 2.75) is 0 Å². The number of rotatable bonds is 5. The molecule has 0 radical (unpaired) electrons. The van der Waals surface area contributed by atoms with Gasteiger partial charge in [0, 0.05) is 18.3 Å². The summed E-state index contributed by atoms with van der Waals surface area (Å²) in [6, 6.07) is 16.5. The molecule has 0 aliphatic carbocycles. The summed E-state index contributed by atoms with van der Waals surface area (Å²) in [6.45, 7) is 0. The molecule has 0 aliphatic rings. The van der Waals surface area contributed by atoms with Crippen molar-refractivity contribution in [2.75, 3.05) is 19.5 Å². The molecule has 6 heteroatoms. The summed E-state index contributed by atoms with van der Waals surface area (Å²) in [5, 5.41) is 7.14. The number of ether oxygens (including phenoxy) is 2. The van der Waals surface area contributed by atoms with E-state index in [2.05, 4.69) is 10.4 Å². The topological polar surface area (TPSA) is 65.4 Å². The fourth-order valence-corrected chi connectivity index (χ4v) is 2.48. The van der Waals surface area contributed by atoms with Crippen molar-refractivity contribution in [1.29, 1.82) is 0 Å². The molecular weight excluding hydrogens is 318 g/mol. The molecule has 25 heavy (non-hydrogen) atoms. The first-order valence-electron chi connectivity index (χ1n) is 7.74. The van der Waals surface area contributed by atoms with Crippen LogP contribution in [0.1, 0.15) is 10.5 Å². The summed E-state index contributed by atoms with van der Waals surface area (Å²) >= 11 is 0. The van der Waals surface area contributed by atoms with Gasteiger partial charge in [0.05, 0.1) is 19.9 Å². The maximum Gasteiger partial charge on any atom is 0.276 e. The molecule has 0 unspecified atom stereocenters. The molecule has 0 spiro atoms. The smallest absolute Gasteiger partial charge is 0.276 e. The Balaban J connectivity index is 1.79. The number of aromatic nitrogens is 2. The van der Waals surface area contributed by atoms with Gasteiger partial charge >= 0.3 is 0 Å². The van der Waals surface area contributed by atoms with Gasteiger partial charge in [-0.15, -0.1) is 0 Å². The number of hydrogen-bond acceptors (Lipinski definition) is 4. The van der Waals surface area contributed by atoms with Crippen LogP contribution in [0, 0.1) is 0 Å². The second-order valence-electron chi connectivity index (χ2n) is 5.45. The molecule has 1 N–H and O–H groups in total. The van der Waals surface area contributed by atoms with Crippen LogP contribution in [-0.4, -0.2) is 29.9 Å². The van der Waals surface area contributed by atoms with Crippen LogP contribution in [0.25, 0.3) is 11.3 Å². The van der Waals surface area contributed by atoms with Crippen molar-refractivity contribution in [3.8, 4) is 22.8 Å². The molecule has 0 atom stereocenters. The average molecular weight is 337 g/mol. The van der Waals surface area contributed by atoms with Gasteiger partial charge in [-0.1, -0.05) is 0 Å². The number of anilines is 1. The van der Waals surface area contributed by atoms with Gasteiger partial charge < -0.3 is 14.8 Å². The minimum atomic E-state index is -0.263. The molecular formula is C19H19N3O3. The highest BCUT2D eigenvalue weighted by molar-refractivity contribution is 6.03. The number of nitrogens with one attached hydrogen (secondary N) is 1. The Labute approximate surface area is 146 Å². The lowest BCUT2D eigenvalue weighted by molar-refractivity contribution is 0.102. The Bertz CT molecular complexity index is 868. The van der Waals surface area contributed by atoms with E-state index < -0.39 is 0 Å².